The normalized spacial score (nSPS) is 10.4. The second-order valence-electron chi connectivity index (χ2n) is 3.88. The maximum atomic E-state index is 13.6. The summed E-state index contributed by atoms with van der Waals surface area (Å²) in [5.41, 5.74) is 0.617. The van der Waals surface area contributed by atoms with Crippen LogP contribution >= 0.6 is 11.3 Å². The monoisotopic (exact) mass is 280 g/mol. The lowest BCUT2D eigenvalue weighted by atomic mass is 10.1. The quantitative estimate of drug-likeness (QED) is 0.788. The lowest BCUT2D eigenvalue weighted by molar-refractivity contribution is 0.0595. The van der Waals surface area contributed by atoms with Gasteiger partial charge in [0.15, 0.2) is 0 Å². The van der Waals surface area contributed by atoms with Crippen LogP contribution in [0.15, 0.2) is 35.7 Å². The van der Waals surface area contributed by atoms with E-state index in [0.29, 0.717) is 18.8 Å². The number of ether oxygens (including phenoxy) is 2. The van der Waals surface area contributed by atoms with Gasteiger partial charge in [0.25, 0.3) is 0 Å². The summed E-state index contributed by atoms with van der Waals surface area (Å²) in [7, 11) is 1.22. The van der Waals surface area contributed by atoms with E-state index in [2.05, 4.69) is 4.74 Å². The number of esters is 1. The van der Waals surface area contributed by atoms with E-state index in [4.69, 9.17) is 4.74 Å². The molecule has 2 rings (SSSR count). The third-order valence-corrected chi connectivity index (χ3v) is 3.38. The molecule has 0 fully saturated rings. The SMILES string of the molecule is COC(=O)c1ccc(COCc2cccs2)cc1F. The Morgan fingerprint density at radius 3 is 2.79 bits per heavy atom. The molecule has 0 saturated heterocycles. The minimum absolute atomic E-state index is 0.0653. The van der Waals surface area contributed by atoms with E-state index in [1.54, 1.807) is 17.4 Å². The Balaban J connectivity index is 1.94. The second-order valence-corrected chi connectivity index (χ2v) is 4.91. The zero-order valence-electron chi connectivity index (χ0n) is 10.4. The molecule has 5 heteroatoms. The molecule has 0 spiro atoms. The van der Waals surface area contributed by atoms with E-state index in [9.17, 15) is 9.18 Å². The van der Waals surface area contributed by atoms with Crippen LogP contribution in [0.2, 0.25) is 0 Å². The van der Waals surface area contributed by atoms with Crippen molar-refractivity contribution < 1.29 is 18.7 Å². The summed E-state index contributed by atoms with van der Waals surface area (Å²) in [4.78, 5) is 12.3. The Hall–Kier alpha value is -1.72. The van der Waals surface area contributed by atoms with Gasteiger partial charge in [-0.2, -0.15) is 0 Å². The van der Waals surface area contributed by atoms with Crippen molar-refractivity contribution in [2.45, 2.75) is 13.2 Å². The Kier molecular flexibility index (Phi) is 4.65. The van der Waals surface area contributed by atoms with E-state index >= 15 is 0 Å². The minimum atomic E-state index is -0.677. The van der Waals surface area contributed by atoms with Gasteiger partial charge in [0.2, 0.25) is 0 Å². The van der Waals surface area contributed by atoms with Gasteiger partial charge in [0.1, 0.15) is 5.82 Å². The van der Waals surface area contributed by atoms with Crippen molar-refractivity contribution in [3.05, 3.63) is 57.5 Å². The molecule has 0 aliphatic rings. The first-order valence-electron chi connectivity index (χ1n) is 5.67. The van der Waals surface area contributed by atoms with Gasteiger partial charge in [-0.15, -0.1) is 11.3 Å². The maximum Gasteiger partial charge on any atom is 0.340 e. The number of rotatable bonds is 5. The van der Waals surface area contributed by atoms with Gasteiger partial charge in [-0.1, -0.05) is 12.1 Å². The van der Waals surface area contributed by atoms with E-state index in [0.717, 1.165) is 4.88 Å². The fourth-order valence-electron chi connectivity index (χ4n) is 1.59. The molecule has 2 aromatic rings. The molecule has 19 heavy (non-hydrogen) atoms. The molecule has 0 N–H and O–H groups in total. The minimum Gasteiger partial charge on any atom is -0.465 e. The predicted octanol–water partition coefficient (Wildman–Crippen LogP) is 3.39. The number of methoxy groups -OCH3 is 1. The Morgan fingerprint density at radius 1 is 1.32 bits per heavy atom. The molecule has 1 aromatic carbocycles. The van der Waals surface area contributed by atoms with Gasteiger partial charge >= 0.3 is 5.97 Å². The van der Waals surface area contributed by atoms with Crippen LogP contribution in [0.25, 0.3) is 0 Å². The number of hydrogen-bond acceptors (Lipinski definition) is 4. The molecule has 0 aliphatic heterocycles. The van der Waals surface area contributed by atoms with Crippen molar-refractivity contribution >= 4 is 17.3 Å². The van der Waals surface area contributed by atoms with Gasteiger partial charge in [0, 0.05) is 4.88 Å². The van der Waals surface area contributed by atoms with Crippen LogP contribution in [0.3, 0.4) is 0 Å². The summed E-state index contributed by atoms with van der Waals surface area (Å²) in [6.45, 7) is 0.800. The molecular weight excluding hydrogens is 267 g/mol. The Bertz CT molecular complexity index is 552. The van der Waals surface area contributed by atoms with Crippen molar-refractivity contribution in [1.29, 1.82) is 0 Å². The van der Waals surface area contributed by atoms with Crippen molar-refractivity contribution in [2.75, 3.05) is 7.11 Å². The molecule has 0 saturated carbocycles. The summed E-state index contributed by atoms with van der Waals surface area (Å²) in [5, 5.41) is 1.98. The third-order valence-electron chi connectivity index (χ3n) is 2.53. The Morgan fingerprint density at radius 2 is 2.16 bits per heavy atom. The molecular formula is C14H13FO3S. The van der Waals surface area contributed by atoms with Crippen LogP contribution < -0.4 is 0 Å². The van der Waals surface area contributed by atoms with Crippen LogP contribution in [-0.2, 0) is 22.7 Å². The van der Waals surface area contributed by atoms with Crippen LogP contribution in [0.4, 0.5) is 4.39 Å². The maximum absolute atomic E-state index is 13.6. The molecule has 0 atom stereocenters. The van der Waals surface area contributed by atoms with Gasteiger partial charge in [-0.3, -0.25) is 0 Å². The molecule has 0 bridgehead atoms. The lowest BCUT2D eigenvalue weighted by Gasteiger charge is -2.05. The average Bonchev–Trinajstić information content (AvgIpc) is 2.91. The van der Waals surface area contributed by atoms with E-state index in [1.807, 2.05) is 17.5 Å². The molecule has 0 unspecified atom stereocenters. The molecule has 0 radical (unpaired) electrons. The average molecular weight is 280 g/mol. The molecule has 0 amide bonds. The fraction of sp³-hybridized carbons (Fsp3) is 0.214. The van der Waals surface area contributed by atoms with Gasteiger partial charge < -0.3 is 9.47 Å². The van der Waals surface area contributed by atoms with Crippen LogP contribution in [0.5, 0.6) is 0 Å². The predicted molar refractivity (Wildman–Crippen MR) is 70.6 cm³/mol. The topological polar surface area (TPSA) is 35.5 Å². The van der Waals surface area contributed by atoms with Gasteiger partial charge in [-0.05, 0) is 29.1 Å². The van der Waals surface area contributed by atoms with Crippen molar-refractivity contribution in [3.8, 4) is 0 Å². The first kappa shape index (κ1) is 13.7. The number of benzene rings is 1. The highest BCUT2D eigenvalue weighted by atomic mass is 32.1. The summed E-state index contributed by atoms with van der Waals surface area (Å²) in [5.74, 6) is -1.27. The highest BCUT2D eigenvalue weighted by Gasteiger charge is 2.12. The first-order chi connectivity index (χ1) is 9.20. The second kappa shape index (κ2) is 6.45. The lowest BCUT2D eigenvalue weighted by Crippen LogP contribution is -2.05. The highest BCUT2D eigenvalue weighted by Crippen LogP contribution is 2.14. The van der Waals surface area contributed by atoms with E-state index in [1.165, 1.54) is 19.2 Å². The van der Waals surface area contributed by atoms with Crippen molar-refractivity contribution in [3.63, 3.8) is 0 Å². The third kappa shape index (κ3) is 3.62. The molecule has 100 valence electrons. The summed E-state index contributed by atoms with van der Waals surface area (Å²) in [6.07, 6.45) is 0. The highest BCUT2D eigenvalue weighted by molar-refractivity contribution is 7.09. The van der Waals surface area contributed by atoms with Crippen molar-refractivity contribution in [1.82, 2.24) is 0 Å². The zero-order valence-corrected chi connectivity index (χ0v) is 11.2. The largest absolute Gasteiger partial charge is 0.465 e. The van der Waals surface area contributed by atoms with Crippen LogP contribution in [0, 0.1) is 5.82 Å². The summed E-state index contributed by atoms with van der Waals surface area (Å²) < 4.78 is 23.6. The Labute approximate surface area is 114 Å². The summed E-state index contributed by atoms with van der Waals surface area (Å²) >= 11 is 1.61. The van der Waals surface area contributed by atoms with E-state index < -0.39 is 11.8 Å². The molecule has 1 aromatic heterocycles. The number of carbonyl (C=O) groups is 1. The van der Waals surface area contributed by atoms with E-state index in [-0.39, 0.29) is 5.56 Å². The number of hydrogen-bond donors (Lipinski definition) is 0. The number of thiophene rings is 1. The number of halogens is 1. The first-order valence-corrected chi connectivity index (χ1v) is 6.55. The zero-order chi connectivity index (χ0) is 13.7. The molecule has 1 heterocycles. The summed E-state index contributed by atoms with van der Waals surface area (Å²) in [6, 6.07) is 8.29. The molecule has 0 aliphatic carbocycles. The number of carbonyl (C=O) groups excluding carboxylic acids is 1. The van der Waals surface area contributed by atoms with Gasteiger partial charge in [-0.25, -0.2) is 9.18 Å². The van der Waals surface area contributed by atoms with Gasteiger partial charge in [0.05, 0.1) is 25.9 Å². The fourth-order valence-corrected chi connectivity index (χ4v) is 2.23. The van der Waals surface area contributed by atoms with Crippen LogP contribution in [-0.4, -0.2) is 13.1 Å². The standard InChI is InChI=1S/C14H13FO3S/c1-17-14(16)12-5-4-10(7-13(12)15)8-18-9-11-3-2-6-19-11/h2-7H,8-9H2,1H3. The van der Waals surface area contributed by atoms with Crippen molar-refractivity contribution in [2.24, 2.45) is 0 Å². The molecule has 3 nitrogen and oxygen atoms in total. The smallest absolute Gasteiger partial charge is 0.340 e. The van der Waals surface area contributed by atoms with Crippen LogP contribution in [0.1, 0.15) is 20.8 Å².